The molecule has 0 radical (unpaired) electrons. The number of ether oxygens (including phenoxy) is 1. The van der Waals surface area contributed by atoms with E-state index in [-0.39, 0.29) is 4.90 Å². The van der Waals surface area contributed by atoms with Crippen LogP contribution >= 0.6 is 0 Å². The van der Waals surface area contributed by atoms with E-state index in [4.69, 9.17) is 4.74 Å². The number of rotatable bonds is 6. The molecule has 5 nitrogen and oxygen atoms in total. The predicted molar refractivity (Wildman–Crippen MR) is 117 cm³/mol. The highest BCUT2D eigenvalue weighted by atomic mass is 32.2. The van der Waals surface area contributed by atoms with Crippen molar-refractivity contribution < 1.29 is 13.2 Å². The van der Waals surface area contributed by atoms with E-state index in [1.807, 2.05) is 74.4 Å². The molecule has 4 rings (SSSR count). The zero-order valence-corrected chi connectivity index (χ0v) is 17.6. The van der Waals surface area contributed by atoms with Gasteiger partial charge in [-0.05, 0) is 62.1 Å². The van der Waals surface area contributed by atoms with Crippen LogP contribution in [0, 0.1) is 0 Å². The van der Waals surface area contributed by atoms with Crippen molar-refractivity contribution in [3.63, 3.8) is 0 Å². The molecular formula is C23H24N2O3S. The normalized spacial score (nSPS) is 12.1. The van der Waals surface area contributed by atoms with Crippen LogP contribution in [-0.2, 0) is 16.6 Å². The van der Waals surface area contributed by atoms with Gasteiger partial charge in [0, 0.05) is 23.7 Å². The molecule has 3 aromatic carbocycles. The molecule has 150 valence electrons. The van der Waals surface area contributed by atoms with E-state index in [1.54, 1.807) is 18.3 Å². The first-order valence-electron chi connectivity index (χ1n) is 9.56. The zero-order chi connectivity index (χ0) is 20.6. The van der Waals surface area contributed by atoms with Crippen molar-refractivity contribution in [1.29, 1.82) is 0 Å². The summed E-state index contributed by atoms with van der Waals surface area (Å²) in [6, 6.07) is 18.5. The lowest BCUT2D eigenvalue weighted by Crippen LogP contribution is -2.14. The number of fused-ring (bicyclic) bond motifs is 2. The van der Waals surface area contributed by atoms with Gasteiger partial charge in [-0.1, -0.05) is 30.3 Å². The largest absolute Gasteiger partial charge is 0.494 e. The third kappa shape index (κ3) is 3.50. The molecule has 6 heteroatoms. The third-order valence-corrected chi connectivity index (χ3v) is 6.64. The number of benzene rings is 3. The van der Waals surface area contributed by atoms with Gasteiger partial charge in [-0.2, -0.15) is 0 Å². The summed E-state index contributed by atoms with van der Waals surface area (Å²) in [6.45, 7) is 3.16. The van der Waals surface area contributed by atoms with E-state index in [1.165, 1.54) is 3.97 Å². The second-order valence-electron chi connectivity index (χ2n) is 7.27. The highest BCUT2D eigenvalue weighted by Gasteiger charge is 2.21. The molecule has 0 fully saturated rings. The fourth-order valence-electron chi connectivity index (χ4n) is 3.65. The average molecular weight is 409 g/mol. The minimum atomic E-state index is -3.72. The van der Waals surface area contributed by atoms with Crippen LogP contribution in [0.1, 0.15) is 12.5 Å². The summed E-state index contributed by atoms with van der Waals surface area (Å²) in [5, 5.41) is 2.80. The molecule has 1 aromatic heterocycles. The molecule has 4 aromatic rings. The number of hydrogen-bond acceptors (Lipinski definition) is 4. The van der Waals surface area contributed by atoms with Gasteiger partial charge in [-0.25, -0.2) is 12.4 Å². The summed E-state index contributed by atoms with van der Waals surface area (Å²) in [6.07, 6.45) is 1.63. The Morgan fingerprint density at radius 2 is 1.72 bits per heavy atom. The molecule has 0 aliphatic carbocycles. The van der Waals surface area contributed by atoms with E-state index in [2.05, 4.69) is 0 Å². The van der Waals surface area contributed by atoms with E-state index in [0.29, 0.717) is 18.7 Å². The highest BCUT2D eigenvalue weighted by molar-refractivity contribution is 7.90. The number of nitrogens with zero attached hydrogens (tertiary/aromatic N) is 2. The van der Waals surface area contributed by atoms with Crippen molar-refractivity contribution >= 4 is 31.7 Å². The van der Waals surface area contributed by atoms with Crippen LogP contribution in [0.4, 0.5) is 0 Å². The Morgan fingerprint density at radius 1 is 0.966 bits per heavy atom. The second kappa shape index (κ2) is 7.54. The van der Waals surface area contributed by atoms with Crippen molar-refractivity contribution in [2.45, 2.75) is 18.4 Å². The molecule has 0 bridgehead atoms. The van der Waals surface area contributed by atoms with Gasteiger partial charge in [0.15, 0.2) is 0 Å². The number of hydrogen-bond donors (Lipinski definition) is 0. The summed E-state index contributed by atoms with van der Waals surface area (Å²) in [5.74, 6) is 0.787. The minimum absolute atomic E-state index is 0.275. The topological polar surface area (TPSA) is 51.5 Å². The Morgan fingerprint density at radius 3 is 2.45 bits per heavy atom. The molecule has 0 saturated heterocycles. The van der Waals surface area contributed by atoms with Crippen LogP contribution in [0.2, 0.25) is 0 Å². The van der Waals surface area contributed by atoms with Gasteiger partial charge in [0.2, 0.25) is 0 Å². The monoisotopic (exact) mass is 408 g/mol. The Kier molecular flexibility index (Phi) is 5.06. The Bertz CT molecular complexity index is 1290. The maximum absolute atomic E-state index is 13.4. The lowest BCUT2D eigenvalue weighted by atomic mass is 10.1. The third-order valence-electron chi connectivity index (χ3n) is 4.96. The smallest absolute Gasteiger partial charge is 0.268 e. The summed E-state index contributed by atoms with van der Waals surface area (Å²) in [5.41, 5.74) is 1.64. The van der Waals surface area contributed by atoms with Crippen molar-refractivity contribution in [2.24, 2.45) is 0 Å². The summed E-state index contributed by atoms with van der Waals surface area (Å²) in [7, 11) is 0.245. The maximum atomic E-state index is 13.4. The summed E-state index contributed by atoms with van der Waals surface area (Å²) in [4.78, 5) is 2.32. The van der Waals surface area contributed by atoms with Crippen LogP contribution < -0.4 is 4.74 Å². The maximum Gasteiger partial charge on any atom is 0.268 e. The van der Waals surface area contributed by atoms with Gasteiger partial charge in [0.05, 0.1) is 17.0 Å². The van der Waals surface area contributed by atoms with E-state index >= 15 is 0 Å². The van der Waals surface area contributed by atoms with Crippen molar-refractivity contribution in [3.8, 4) is 5.75 Å². The molecule has 0 aliphatic heterocycles. The quantitative estimate of drug-likeness (QED) is 0.472. The van der Waals surface area contributed by atoms with Crippen LogP contribution in [0.25, 0.3) is 21.7 Å². The van der Waals surface area contributed by atoms with Crippen molar-refractivity contribution in [1.82, 2.24) is 8.87 Å². The van der Waals surface area contributed by atoms with Crippen LogP contribution in [0.3, 0.4) is 0 Å². The Balaban J connectivity index is 1.88. The van der Waals surface area contributed by atoms with Gasteiger partial charge in [0.25, 0.3) is 10.0 Å². The second-order valence-corrected chi connectivity index (χ2v) is 9.09. The van der Waals surface area contributed by atoms with E-state index in [9.17, 15) is 8.42 Å². The molecule has 0 amide bonds. The molecule has 0 N–H and O–H groups in total. The molecule has 0 saturated carbocycles. The molecular weight excluding hydrogens is 384 g/mol. The summed E-state index contributed by atoms with van der Waals surface area (Å²) < 4.78 is 34.0. The van der Waals surface area contributed by atoms with E-state index < -0.39 is 10.0 Å². The van der Waals surface area contributed by atoms with Crippen LogP contribution in [0.5, 0.6) is 5.75 Å². The van der Waals surface area contributed by atoms with Gasteiger partial charge in [-0.3, -0.25) is 0 Å². The molecule has 29 heavy (non-hydrogen) atoms. The van der Waals surface area contributed by atoms with Gasteiger partial charge < -0.3 is 9.64 Å². The molecule has 0 atom stereocenters. The minimum Gasteiger partial charge on any atom is -0.494 e. The molecule has 0 aliphatic rings. The van der Waals surface area contributed by atoms with Gasteiger partial charge in [-0.15, -0.1) is 0 Å². The van der Waals surface area contributed by atoms with Crippen molar-refractivity contribution in [2.75, 3.05) is 20.7 Å². The average Bonchev–Trinajstić information content (AvgIpc) is 3.14. The Hall–Kier alpha value is -2.83. The Labute approximate surface area is 171 Å². The lowest BCUT2D eigenvalue weighted by molar-refractivity contribution is 0.326. The van der Waals surface area contributed by atoms with Gasteiger partial charge in [0.1, 0.15) is 5.75 Å². The fraction of sp³-hybridized carbons (Fsp3) is 0.217. The molecule has 1 heterocycles. The highest BCUT2D eigenvalue weighted by Crippen LogP contribution is 2.32. The number of aromatic nitrogens is 1. The predicted octanol–water partition coefficient (Wildman–Crippen LogP) is 4.49. The zero-order valence-electron chi connectivity index (χ0n) is 16.8. The fourth-order valence-corrected chi connectivity index (χ4v) is 5.04. The first-order valence-corrected chi connectivity index (χ1v) is 11.0. The SMILES string of the molecule is CCOc1ccc2c(ccn2S(=O)(=O)c2ccc3ccccc3c2)c1CN(C)C. The first kappa shape index (κ1) is 19.5. The lowest BCUT2D eigenvalue weighted by Gasteiger charge is -2.16. The molecule has 0 unspecified atom stereocenters. The van der Waals surface area contributed by atoms with Gasteiger partial charge >= 0.3 is 0 Å². The van der Waals surface area contributed by atoms with E-state index in [0.717, 1.165) is 27.5 Å². The van der Waals surface area contributed by atoms with Crippen LogP contribution in [0.15, 0.2) is 71.8 Å². The molecule has 0 spiro atoms. The summed E-state index contributed by atoms with van der Waals surface area (Å²) >= 11 is 0. The standard InChI is InChI=1S/C23H24N2O3S/c1-4-28-23-12-11-22-20(21(23)16-24(2)3)13-14-25(22)29(26,27)19-10-9-17-7-5-6-8-18(17)15-19/h5-15H,4,16H2,1-3H3. The van der Waals surface area contributed by atoms with Crippen LogP contribution in [-0.4, -0.2) is 38.0 Å². The van der Waals surface area contributed by atoms with Crippen molar-refractivity contribution in [3.05, 3.63) is 72.4 Å². The first-order chi connectivity index (χ1) is 13.9.